The first-order valence-corrected chi connectivity index (χ1v) is 6.75. The van der Waals surface area contributed by atoms with Gasteiger partial charge in [0.2, 0.25) is 0 Å². The zero-order valence-corrected chi connectivity index (χ0v) is 10.9. The lowest BCUT2D eigenvalue weighted by molar-refractivity contribution is 0.315. The molecule has 1 heterocycles. The van der Waals surface area contributed by atoms with Crippen LogP contribution in [0.3, 0.4) is 0 Å². The molecule has 0 radical (unpaired) electrons. The molecule has 1 aliphatic carbocycles. The Balaban J connectivity index is 1.98. The number of aromatic nitrogens is 2. The fourth-order valence-electron chi connectivity index (χ4n) is 2.55. The summed E-state index contributed by atoms with van der Waals surface area (Å²) in [5.41, 5.74) is 0. The fraction of sp³-hybridized carbons (Fsp3) is 0.769. The number of rotatable bonds is 6. The van der Waals surface area contributed by atoms with Crippen LogP contribution in [0.2, 0.25) is 0 Å². The first-order valence-electron chi connectivity index (χ1n) is 6.75. The van der Waals surface area contributed by atoms with Gasteiger partial charge in [0, 0.05) is 6.04 Å². The van der Waals surface area contributed by atoms with Crippen molar-refractivity contribution in [1.29, 1.82) is 0 Å². The monoisotopic (exact) mass is 237 g/mol. The molecule has 0 bridgehead atoms. The highest BCUT2D eigenvalue weighted by Crippen LogP contribution is 2.30. The summed E-state index contributed by atoms with van der Waals surface area (Å²) >= 11 is 0. The Morgan fingerprint density at radius 1 is 1.47 bits per heavy atom. The lowest BCUT2D eigenvalue weighted by atomic mass is 10.2. The molecule has 4 nitrogen and oxygen atoms in total. The summed E-state index contributed by atoms with van der Waals surface area (Å²) in [7, 11) is 0. The van der Waals surface area contributed by atoms with Crippen LogP contribution in [0.1, 0.15) is 45.6 Å². The van der Waals surface area contributed by atoms with Crippen LogP contribution >= 0.6 is 0 Å². The maximum atomic E-state index is 5.59. The molecule has 1 fully saturated rings. The van der Waals surface area contributed by atoms with Crippen LogP contribution in [-0.2, 0) is 0 Å². The molecule has 1 saturated carbocycles. The van der Waals surface area contributed by atoms with Crippen molar-refractivity contribution < 1.29 is 4.74 Å². The molecular weight excluding hydrogens is 214 g/mol. The first kappa shape index (κ1) is 12.4. The predicted molar refractivity (Wildman–Crippen MR) is 68.4 cm³/mol. The van der Waals surface area contributed by atoms with E-state index in [0.29, 0.717) is 12.1 Å². The third-order valence-corrected chi connectivity index (χ3v) is 3.34. The van der Waals surface area contributed by atoms with Gasteiger partial charge in [-0.15, -0.1) is 0 Å². The van der Waals surface area contributed by atoms with Crippen molar-refractivity contribution in [1.82, 2.24) is 15.1 Å². The van der Waals surface area contributed by atoms with E-state index < -0.39 is 0 Å². The SMILES string of the molecule is CCCOc1cnn(C2CCCC2NCC)c1. The van der Waals surface area contributed by atoms with Crippen molar-refractivity contribution in [2.45, 2.75) is 51.6 Å². The van der Waals surface area contributed by atoms with Gasteiger partial charge in [-0.1, -0.05) is 13.8 Å². The Morgan fingerprint density at radius 3 is 3.12 bits per heavy atom. The Labute approximate surface area is 103 Å². The minimum Gasteiger partial charge on any atom is -0.490 e. The average molecular weight is 237 g/mol. The Morgan fingerprint density at radius 2 is 2.35 bits per heavy atom. The molecule has 1 aliphatic rings. The summed E-state index contributed by atoms with van der Waals surface area (Å²) in [5.74, 6) is 0.897. The zero-order valence-electron chi connectivity index (χ0n) is 10.9. The van der Waals surface area contributed by atoms with E-state index >= 15 is 0 Å². The van der Waals surface area contributed by atoms with E-state index in [1.165, 1.54) is 19.3 Å². The van der Waals surface area contributed by atoms with Crippen LogP contribution in [0.4, 0.5) is 0 Å². The average Bonchev–Trinajstić information content (AvgIpc) is 2.95. The molecule has 0 amide bonds. The molecule has 1 N–H and O–H groups in total. The van der Waals surface area contributed by atoms with Gasteiger partial charge in [-0.3, -0.25) is 4.68 Å². The fourth-order valence-corrected chi connectivity index (χ4v) is 2.55. The molecule has 0 aliphatic heterocycles. The number of ether oxygens (including phenoxy) is 1. The van der Waals surface area contributed by atoms with E-state index in [2.05, 4.69) is 28.9 Å². The first-order chi connectivity index (χ1) is 8.35. The van der Waals surface area contributed by atoms with Crippen LogP contribution in [0.15, 0.2) is 12.4 Å². The number of hydrogen-bond acceptors (Lipinski definition) is 3. The summed E-state index contributed by atoms with van der Waals surface area (Å²) < 4.78 is 7.66. The molecular formula is C13H23N3O. The predicted octanol–water partition coefficient (Wildman–Crippen LogP) is 2.38. The highest BCUT2D eigenvalue weighted by molar-refractivity contribution is 5.12. The van der Waals surface area contributed by atoms with Gasteiger partial charge in [-0.2, -0.15) is 5.10 Å². The van der Waals surface area contributed by atoms with Crippen molar-refractivity contribution in [3.05, 3.63) is 12.4 Å². The van der Waals surface area contributed by atoms with Gasteiger partial charge in [0.15, 0.2) is 5.75 Å². The van der Waals surface area contributed by atoms with E-state index in [1.807, 2.05) is 12.4 Å². The van der Waals surface area contributed by atoms with E-state index in [0.717, 1.165) is 25.3 Å². The molecule has 1 aromatic heterocycles. The quantitative estimate of drug-likeness (QED) is 0.825. The molecule has 96 valence electrons. The van der Waals surface area contributed by atoms with Crippen molar-refractivity contribution in [3.63, 3.8) is 0 Å². The topological polar surface area (TPSA) is 39.1 Å². The third kappa shape index (κ3) is 3.00. The number of nitrogens with zero attached hydrogens (tertiary/aromatic N) is 2. The smallest absolute Gasteiger partial charge is 0.157 e. The number of likely N-dealkylation sites (N-methyl/N-ethyl adjacent to an activating group) is 1. The second-order valence-corrected chi connectivity index (χ2v) is 4.67. The summed E-state index contributed by atoms with van der Waals surface area (Å²) in [6.45, 7) is 6.07. The van der Waals surface area contributed by atoms with Crippen molar-refractivity contribution in [2.75, 3.05) is 13.2 Å². The summed E-state index contributed by atoms with van der Waals surface area (Å²) in [4.78, 5) is 0. The van der Waals surface area contributed by atoms with Gasteiger partial charge in [0.05, 0.1) is 25.0 Å². The van der Waals surface area contributed by atoms with Gasteiger partial charge >= 0.3 is 0 Å². The van der Waals surface area contributed by atoms with Crippen LogP contribution in [-0.4, -0.2) is 29.0 Å². The number of hydrogen-bond donors (Lipinski definition) is 1. The molecule has 1 aromatic rings. The van der Waals surface area contributed by atoms with Gasteiger partial charge in [0.1, 0.15) is 0 Å². The van der Waals surface area contributed by atoms with Gasteiger partial charge in [-0.05, 0) is 32.2 Å². The lowest BCUT2D eigenvalue weighted by Crippen LogP contribution is -2.33. The lowest BCUT2D eigenvalue weighted by Gasteiger charge is -2.20. The van der Waals surface area contributed by atoms with Crippen molar-refractivity contribution in [3.8, 4) is 5.75 Å². The highest BCUT2D eigenvalue weighted by Gasteiger charge is 2.28. The third-order valence-electron chi connectivity index (χ3n) is 3.34. The Hall–Kier alpha value is -1.03. The second kappa shape index (κ2) is 6.05. The summed E-state index contributed by atoms with van der Waals surface area (Å²) in [5, 5.41) is 7.98. The second-order valence-electron chi connectivity index (χ2n) is 4.67. The maximum absolute atomic E-state index is 5.59. The minimum atomic E-state index is 0.494. The Kier molecular flexibility index (Phi) is 4.42. The molecule has 0 spiro atoms. The molecule has 2 atom stereocenters. The van der Waals surface area contributed by atoms with Gasteiger partial charge < -0.3 is 10.1 Å². The van der Waals surface area contributed by atoms with Crippen LogP contribution in [0.25, 0.3) is 0 Å². The minimum absolute atomic E-state index is 0.494. The van der Waals surface area contributed by atoms with E-state index in [1.54, 1.807) is 0 Å². The molecule has 0 aromatic carbocycles. The largest absolute Gasteiger partial charge is 0.490 e. The normalized spacial score (nSPS) is 24.1. The molecule has 17 heavy (non-hydrogen) atoms. The highest BCUT2D eigenvalue weighted by atomic mass is 16.5. The van der Waals surface area contributed by atoms with Crippen LogP contribution in [0.5, 0.6) is 5.75 Å². The number of nitrogens with one attached hydrogen (secondary N) is 1. The van der Waals surface area contributed by atoms with Crippen molar-refractivity contribution >= 4 is 0 Å². The van der Waals surface area contributed by atoms with E-state index in [-0.39, 0.29) is 0 Å². The molecule has 2 rings (SSSR count). The van der Waals surface area contributed by atoms with Gasteiger partial charge in [-0.25, -0.2) is 0 Å². The maximum Gasteiger partial charge on any atom is 0.157 e. The standard InChI is InChI=1S/C13H23N3O/c1-3-8-17-11-9-15-16(10-11)13-7-5-6-12(13)14-4-2/h9-10,12-14H,3-8H2,1-2H3. The molecule has 0 saturated heterocycles. The van der Waals surface area contributed by atoms with Crippen molar-refractivity contribution in [2.24, 2.45) is 0 Å². The summed E-state index contributed by atoms with van der Waals surface area (Å²) in [6, 6.07) is 1.06. The van der Waals surface area contributed by atoms with E-state index in [9.17, 15) is 0 Å². The van der Waals surface area contributed by atoms with Crippen LogP contribution in [0, 0.1) is 0 Å². The van der Waals surface area contributed by atoms with E-state index in [4.69, 9.17) is 4.74 Å². The molecule has 2 unspecified atom stereocenters. The zero-order chi connectivity index (χ0) is 12.1. The molecule has 4 heteroatoms. The summed E-state index contributed by atoms with van der Waals surface area (Å²) in [6.07, 6.45) is 8.66. The Bertz CT molecular complexity index is 337. The van der Waals surface area contributed by atoms with Crippen LogP contribution < -0.4 is 10.1 Å². The van der Waals surface area contributed by atoms with Gasteiger partial charge in [0.25, 0.3) is 0 Å².